The number of nitrogens with two attached hydrogens (primary N) is 1. The van der Waals surface area contributed by atoms with Crippen LogP contribution in [-0.2, 0) is 6.61 Å². The number of benzene rings is 1. The van der Waals surface area contributed by atoms with Crippen LogP contribution in [-0.4, -0.2) is 10.1 Å². The SMILES string of the molecule is Cc1noc(COc2ccccc2[C@@H](C)N)n1. The first-order valence-electron chi connectivity index (χ1n) is 5.43. The third kappa shape index (κ3) is 2.82. The van der Waals surface area contributed by atoms with Crippen molar-refractivity contribution in [2.75, 3.05) is 0 Å². The van der Waals surface area contributed by atoms with Crippen LogP contribution in [0.5, 0.6) is 5.75 Å². The molecule has 0 aliphatic rings. The lowest BCUT2D eigenvalue weighted by atomic mass is 10.1. The molecule has 0 bridgehead atoms. The highest BCUT2D eigenvalue weighted by atomic mass is 16.5. The molecule has 0 aliphatic carbocycles. The molecule has 17 heavy (non-hydrogen) atoms. The minimum absolute atomic E-state index is 0.0735. The number of hydrogen-bond acceptors (Lipinski definition) is 5. The molecule has 1 aromatic carbocycles. The lowest BCUT2D eigenvalue weighted by molar-refractivity contribution is 0.240. The van der Waals surface area contributed by atoms with Gasteiger partial charge >= 0.3 is 0 Å². The number of aryl methyl sites for hydroxylation is 1. The van der Waals surface area contributed by atoms with E-state index in [1.165, 1.54) is 0 Å². The summed E-state index contributed by atoms with van der Waals surface area (Å²) >= 11 is 0. The highest BCUT2D eigenvalue weighted by molar-refractivity contribution is 5.35. The van der Waals surface area contributed by atoms with Crippen molar-refractivity contribution >= 4 is 0 Å². The van der Waals surface area contributed by atoms with E-state index < -0.39 is 0 Å². The number of hydrogen-bond donors (Lipinski definition) is 1. The molecule has 0 amide bonds. The summed E-state index contributed by atoms with van der Waals surface area (Å²) in [6, 6.07) is 7.58. The molecule has 5 nitrogen and oxygen atoms in total. The Bertz CT molecular complexity index is 494. The standard InChI is InChI=1S/C12H15N3O2/c1-8(13)10-5-3-4-6-11(10)16-7-12-14-9(2)15-17-12/h3-6,8H,7,13H2,1-2H3/t8-/m1/s1. The Morgan fingerprint density at radius 2 is 2.18 bits per heavy atom. The maximum Gasteiger partial charge on any atom is 0.264 e. The third-order valence-corrected chi connectivity index (χ3v) is 2.33. The van der Waals surface area contributed by atoms with Gasteiger partial charge in [0.15, 0.2) is 12.4 Å². The van der Waals surface area contributed by atoms with Crippen LogP contribution < -0.4 is 10.5 Å². The van der Waals surface area contributed by atoms with Crippen LogP contribution in [0, 0.1) is 6.92 Å². The number of ether oxygens (including phenoxy) is 1. The van der Waals surface area contributed by atoms with Crippen LogP contribution in [0.3, 0.4) is 0 Å². The van der Waals surface area contributed by atoms with Crippen molar-refractivity contribution in [3.05, 3.63) is 41.5 Å². The monoisotopic (exact) mass is 233 g/mol. The van der Waals surface area contributed by atoms with E-state index in [1.54, 1.807) is 6.92 Å². The maximum atomic E-state index is 5.86. The first kappa shape index (κ1) is 11.6. The summed E-state index contributed by atoms with van der Waals surface area (Å²) in [7, 11) is 0. The molecule has 90 valence electrons. The number of aromatic nitrogens is 2. The second kappa shape index (κ2) is 4.97. The molecule has 1 atom stereocenters. The van der Waals surface area contributed by atoms with Gasteiger partial charge in [-0.2, -0.15) is 4.98 Å². The molecular weight excluding hydrogens is 218 g/mol. The molecular formula is C12H15N3O2. The van der Waals surface area contributed by atoms with Crippen molar-refractivity contribution in [2.24, 2.45) is 5.73 Å². The van der Waals surface area contributed by atoms with Crippen molar-refractivity contribution in [1.82, 2.24) is 10.1 Å². The number of nitrogens with zero attached hydrogens (tertiary/aromatic N) is 2. The summed E-state index contributed by atoms with van der Waals surface area (Å²) in [5.41, 5.74) is 6.82. The molecule has 0 aliphatic heterocycles. The Morgan fingerprint density at radius 1 is 1.41 bits per heavy atom. The fourth-order valence-corrected chi connectivity index (χ4v) is 1.53. The van der Waals surface area contributed by atoms with E-state index in [0.717, 1.165) is 11.3 Å². The first-order chi connectivity index (χ1) is 8.16. The predicted octanol–water partition coefficient (Wildman–Crippen LogP) is 1.98. The number of para-hydroxylation sites is 1. The average Bonchev–Trinajstić information content (AvgIpc) is 2.73. The summed E-state index contributed by atoms with van der Waals surface area (Å²) in [6.07, 6.45) is 0. The Balaban J connectivity index is 2.08. The van der Waals surface area contributed by atoms with Crippen molar-refractivity contribution < 1.29 is 9.26 Å². The highest BCUT2D eigenvalue weighted by Gasteiger charge is 2.09. The highest BCUT2D eigenvalue weighted by Crippen LogP contribution is 2.23. The van der Waals surface area contributed by atoms with Gasteiger partial charge in [0.25, 0.3) is 5.89 Å². The van der Waals surface area contributed by atoms with Crippen LogP contribution in [0.25, 0.3) is 0 Å². The van der Waals surface area contributed by atoms with E-state index in [0.29, 0.717) is 11.7 Å². The molecule has 2 aromatic rings. The Hall–Kier alpha value is -1.88. The third-order valence-electron chi connectivity index (χ3n) is 2.33. The topological polar surface area (TPSA) is 74.2 Å². The fraction of sp³-hybridized carbons (Fsp3) is 0.333. The van der Waals surface area contributed by atoms with Gasteiger partial charge in [0.1, 0.15) is 5.75 Å². The van der Waals surface area contributed by atoms with Gasteiger partial charge in [0, 0.05) is 11.6 Å². The summed E-state index contributed by atoms with van der Waals surface area (Å²) in [5.74, 6) is 1.81. The van der Waals surface area contributed by atoms with E-state index in [-0.39, 0.29) is 12.6 Å². The Kier molecular flexibility index (Phi) is 3.39. The van der Waals surface area contributed by atoms with Crippen molar-refractivity contribution in [3.63, 3.8) is 0 Å². The van der Waals surface area contributed by atoms with Crippen molar-refractivity contribution in [1.29, 1.82) is 0 Å². The van der Waals surface area contributed by atoms with E-state index >= 15 is 0 Å². The largest absolute Gasteiger partial charge is 0.483 e. The van der Waals surface area contributed by atoms with Gasteiger partial charge in [-0.25, -0.2) is 0 Å². The van der Waals surface area contributed by atoms with Gasteiger partial charge in [-0.05, 0) is 19.9 Å². The smallest absolute Gasteiger partial charge is 0.264 e. The van der Waals surface area contributed by atoms with Gasteiger partial charge in [-0.1, -0.05) is 23.4 Å². The van der Waals surface area contributed by atoms with Crippen LogP contribution in [0.4, 0.5) is 0 Å². The molecule has 2 N–H and O–H groups in total. The second-order valence-corrected chi connectivity index (χ2v) is 3.85. The molecule has 0 saturated carbocycles. The van der Waals surface area contributed by atoms with E-state index in [4.69, 9.17) is 15.0 Å². The van der Waals surface area contributed by atoms with Gasteiger partial charge < -0.3 is 15.0 Å². The second-order valence-electron chi connectivity index (χ2n) is 3.85. The van der Waals surface area contributed by atoms with E-state index in [1.807, 2.05) is 31.2 Å². The lowest BCUT2D eigenvalue weighted by Gasteiger charge is -2.12. The molecule has 0 radical (unpaired) electrons. The normalized spacial score (nSPS) is 12.4. The molecule has 1 aromatic heterocycles. The minimum Gasteiger partial charge on any atom is -0.483 e. The first-order valence-corrected chi connectivity index (χ1v) is 5.43. The summed E-state index contributed by atoms with van der Waals surface area (Å²) in [5, 5.41) is 3.70. The molecule has 0 spiro atoms. The van der Waals surface area contributed by atoms with Gasteiger partial charge in [-0.3, -0.25) is 0 Å². The molecule has 0 saturated heterocycles. The van der Waals surface area contributed by atoms with E-state index in [2.05, 4.69) is 10.1 Å². The van der Waals surface area contributed by atoms with Gasteiger partial charge in [0.2, 0.25) is 0 Å². The quantitative estimate of drug-likeness (QED) is 0.873. The molecule has 1 heterocycles. The van der Waals surface area contributed by atoms with Crippen LogP contribution >= 0.6 is 0 Å². The molecule has 5 heteroatoms. The predicted molar refractivity (Wildman–Crippen MR) is 62.4 cm³/mol. The number of rotatable bonds is 4. The zero-order valence-electron chi connectivity index (χ0n) is 9.88. The van der Waals surface area contributed by atoms with Crippen LogP contribution in [0.1, 0.15) is 30.2 Å². The average molecular weight is 233 g/mol. The molecule has 0 fully saturated rings. The lowest BCUT2D eigenvalue weighted by Crippen LogP contribution is -2.08. The zero-order chi connectivity index (χ0) is 12.3. The molecule has 2 rings (SSSR count). The van der Waals surface area contributed by atoms with Crippen molar-refractivity contribution in [2.45, 2.75) is 26.5 Å². The van der Waals surface area contributed by atoms with Gasteiger partial charge in [-0.15, -0.1) is 0 Å². The van der Waals surface area contributed by atoms with Crippen LogP contribution in [0.2, 0.25) is 0 Å². The fourth-order valence-electron chi connectivity index (χ4n) is 1.53. The van der Waals surface area contributed by atoms with Crippen molar-refractivity contribution in [3.8, 4) is 5.75 Å². The minimum atomic E-state index is -0.0735. The maximum absolute atomic E-state index is 5.86. The summed E-state index contributed by atoms with van der Waals surface area (Å²) in [6.45, 7) is 3.94. The summed E-state index contributed by atoms with van der Waals surface area (Å²) in [4.78, 5) is 4.07. The Morgan fingerprint density at radius 3 is 2.82 bits per heavy atom. The van der Waals surface area contributed by atoms with Crippen LogP contribution in [0.15, 0.2) is 28.8 Å². The summed E-state index contributed by atoms with van der Waals surface area (Å²) < 4.78 is 10.6. The zero-order valence-corrected chi connectivity index (χ0v) is 9.88. The van der Waals surface area contributed by atoms with Gasteiger partial charge in [0.05, 0.1) is 0 Å². The Labute approximate surface area is 99.6 Å². The van der Waals surface area contributed by atoms with E-state index in [9.17, 15) is 0 Å². The molecule has 0 unspecified atom stereocenters.